The van der Waals surface area contributed by atoms with E-state index in [1.54, 1.807) is 19.1 Å². The first kappa shape index (κ1) is 24.3. The molecule has 3 fully saturated rings. The fraction of sp³-hybridized carbons (Fsp3) is 0.350. The molecule has 0 unspecified atom stereocenters. The Bertz CT molecular complexity index is 6020. The molecule has 6 aromatic heterocycles. The number of aryl methyl sites for hydroxylation is 3. The van der Waals surface area contributed by atoms with Gasteiger partial charge in [-0.1, -0.05) is 71.2 Å². The van der Waals surface area contributed by atoms with E-state index in [4.69, 9.17) is 96.6 Å². The topological polar surface area (TPSA) is 195 Å². The van der Waals surface area contributed by atoms with Crippen LogP contribution in [0.4, 0.5) is 17.5 Å². The number of fused-ring (bicyclic) bond motifs is 3. The molecule has 3 saturated heterocycles. The third kappa shape index (κ3) is 14.9. The summed E-state index contributed by atoms with van der Waals surface area (Å²) in [6, 6.07) is -6.05. The lowest BCUT2D eigenvalue weighted by atomic mass is 10.0. The molecule has 0 saturated carbocycles. The van der Waals surface area contributed by atoms with Crippen LogP contribution in [0.25, 0.3) is 30.6 Å². The van der Waals surface area contributed by atoms with E-state index >= 15 is 0 Å². The predicted molar refractivity (Wildman–Crippen MR) is 331 cm³/mol. The van der Waals surface area contributed by atoms with E-state index in [1.165, 1.54) is 19.9 Å². The lowest BCUT2D eigenvalue weighted by Crippen LogP contribution is -2.38. The minimum atomic E-state index is -4.06. The van der Waals surface area contributed by atoms with E-state index in [0.717, 1.165) is 41.9 Å². The van der Waals surface area contributed by atoms with Crippen LogP contribution in [-0.4, -0.2) is 102 Å². The van der Waals surface area contributed by atoms with Gasteiger partial charge in [0.1, 0.15) is 53.6 Å². The van der Waals surface area contributed by atoms with Crippen molar-refractivity contribution in [1.29, 1.82) is 15.8 Å². The molecule has 0 aliphatic carbocycles. The first-order chi connectivity index (χ1) is 56.9. The minimum absolute atomic E-state index is 0.00428. The third-order valence-electron chi connectivity index (χ3n) is 10.3. The first-order valence-corrected chi connectivity index (χ1v) is 26.0. The number of nitrogens with one attached hydrogen (secondary N) is 3. The molecule has 0 spiro atoms. The summed E-state index contributed by atoms with van der Waals surface area (Å²) in [5, 5.41) is 26.5. The van der Waals surface area contributed by atoms with Crippen molar-refractivity contribution in [3.63, 3.8) is 0 Å². The Kier molecular flexibility index (Phi) is 8.10. The highest BCUT2D eigenvalue weighted by molar-refractivity contribution is 7.23. The fourth-order valence-electron chi connectivity index (χ4n) is 6.46. The Balaban J connectivity index is 0.000000197. The molecule has 3 aliphatic heterocycles. The van der Waals surface area contributed by atoms with Gasteiger partial charge in [0, 0.05) is 118 Å². The maximum atomic E-state index is 9.48. The van der Waals surface area contributed by atoms with Crippen molar-refractivity contribution in [2.45, 2.75) is 96.6 Å². The van der Waals surface area contributed by atoms with Crippen molar-refractivity contribution in [3.05, 3.63) is 155 Å². The lowest BCUT2D eigenvalue weighted by Gasteiger charge is -2.32. The van der Waals surface area contributed by atoms with Crippen LogP contribution >= 0.6 is 68.8 Å². The quantitative estimate of drug-likeness (QED) is 0.104. The smallest absolute Gasteiger partial charge is 0.162 e. The van der Waals surface area contributed by atoms with Gasteiger partial charge in [0.2, 0.25) is 0 Å². The highest BCUT2D eigenvalue weighted by Crippen LogP contribution is 2.35. The van der Waals surface area contributed by atoms with E-state index in [9.17, 15) is 15.8 Å². The average molecular weight is 1240 g/mol. The van der Waals surface area contributed by atoms with Crippen molar-refractivity contribution in [1.82, 2.24) is 44.6 Å². The molecule has 9 heterocycles. The minimum Gasteiger partial charge on any atom is -0.367 e. The highest BCUT2D eigenvalue weighted by atomic mass is 35.5. The number of rotatable bonds is 12. The number of halogens is 3. The summed E-state index contributed by atoms with van der Waals surface area (Å²) >= 11 is 20.1. The van der Waals surface area contributed by atoms with Gasteiger partial charge in [-0.2, -0.15) is 15.8 Å². The molecule has 81 heavy (non-hydrogen) atoms. The van der Waals surface area contributed by atoms with E-state index in [-0.39, 0.29) is 75.8 Å². The van der Waals surface area contributed by atoms with Crippen LogP contribution in [0.5, 0.6) is 0 Å². The number of nitriles is 3. The van der Waals surface area contributed by atoms with E-state index in [1.807, 2.05) is 6.07 Å². The SMILES string of the molecule is [2H]c1cc(C)c(C#N)c([2H])c1C([2H])([2H])N1C([2H])([2H])C([2H])([2H])C([2H])(N([2H])c2ncnc3sc(Cl)c([2H])c23)C([2H])([2H])C1([2H])[2H].[2H]c1nc(N([2H])C2([2H])C([2H])([2H])C([2H])([2H])N(C([2H])([2H])c3c([2H])cc(C)c(C#N)c3[2H])C([2H])([2H])C2([2H])[2H])c2c([2H])c(Cl)sc2n1.[2H]c1nc(N([2H])C2([2H])C([2H])([2H])C([2H])([2H])N(C([2H])([2H])c3ccc(C)c(C#N)c3)C([2H])([2H])C2([2H])[2H])c2c([2H])c(Cl)sc2n1. The summed E-state index contributed by atoms with van der Waals surface area (Å²) in [5.41, 5.74) is -2.88. The van der Waals surface area contributed by atoms with Crippen LogP contribution < -0.4 is 15.9 Å². The molecule has 12 rings (SSSR count). The normalized spacial score (nSPS) is 33.0. The Morgan fingerprint density at radius 2 is 0.914 bits per heavy atom. The predicted octanol–water partition coefficient (Wildman–Crippen LogP) is 13.8. The Labute approximate surface area is 562 Å². The van der Waals surface area contributed by atoms with Gasteiger partial charge in [-0.25, -0.2) is 29.9 Å². The van der Waals surface area contributed by atoms with E-state index in [0.29, 0.717) is 28.2 Å². The summed E-state index contributed by atoms with van der Waals surface area (Å²) in [4.78, 5) is 20.9. The van der Waals surface area contributed by atoms with Crippen LogP contribution in [0.15, 0.2) is 91.6 Å². The van der Waals surface area contributed by atoms with E-state index in [2.05, 4.69) is 29.9 Å². The first-order valence-electron chi connectivity index (χ1n) is 44.8. The largest absolute Gasteiger partial charge is 0.367 e. The van der Waals surface area contributed by atoms with Crippen LogP contribution in [0, 0.1) is 54.8 Å². The summed E-state index contributed by atoms with van der Waals surface area (Å²) < 4.78 is 388. The number of hydrogen-bond donors (Lipinski definition) is 3. The fourth-order valence-corrected chi connectivity index (χ4v) is 9.38. The molecular weight excluding hydrogens is 1130 g/mol. The van der Waals surface area contributed by atoms with Crippen LogP contribution in [0.2, 0.25) is 17.2 Å². The molecule has 0 amide bonds. The van der Waals surface area contributed by atoms with Gasteiger partial charge in [-0.3, -0.25) is 14.7 Å². The molecule has 3 aliphatic rings. The van der Waals surface area contributed by atoms with E-state index < -0.39 is 230 Å². The van der Waals surface area contributed by atoms with Crippen LogP contribution in [0.3, 0.4) is 0 Å². The van der Waals surface area contributed by atoms with Gasteiger partial charge in [-0.05, 0) is 129 Å². The molecule has 3 N–H and O–H groups in total. The van der Waals surface area contributed by atoms with Gasteiger partial charge < -0.3 is 15.9 Å². The van der Waals surface area contributed by atoms with Gasteiger partial charge in [0.25, 0.3) is 0 Å². The van der Waals surface area contributed by atoms with Crippen LogP contribution in [0.1, 0.15) is 146 Å². The standard InChI is InChI=1S/3C20H20ClN5S/c3*1-13-2-3-14(8-15(13)10-22)11-26-6-4-16(5-7-26)25-19-17-9-18(21)27-20(17)24-12-23-19/h3*2-3,8-9,12,16H,4-7,11H2,1H3,(H,23,24,25)/i3D,4D2,5D2,6D2,7D2,8D,9D,11D2,12D,16D;3D,4D2,5D2,6D2,7D2,8D,9D,11D2,16D;4D2,5D2,6D2,7D2,9D,11D2,12D,16D/hD3. The maximum absolute atomic E-state index is 9.48. The van der Waals surface area contributed by atoms with Gasteiger partial charge in [0.15, 0.2) is 4.24 Å². The molecule has 9 aromatic rings. The average Bonchev–Trinajstić information content (AvgIpc) is 0.710. The number of nitrogens with zero attached hydrogens (tertiary/aromatic N) is 12. The zero-order chi connectivity index (χ0) is 96.5. The second-order valence-electron chi connectivity index (χ2n) is 15.7. The number of aromatic nitrogens is 6. The number of hydrogen-bond acceptors (Lipinski definition) is 18. The molecular formula is C60H60Cl3N15S3. The lowest BCUT2D eigenvalue weighted by molar-refractivity contribution is 0.211. The summed E-state index contributed by atoms with van der Waals surface area (Å²) in [7, 11) is 0. The summed E-state index contributed by atoms with van der Waals surface area (Å²) in [5.74, 6) is -2.54. The molecule has 0 atom stereocenters. The maximum Gasteiger partial charge on any atom is 0.162 e. The molecule has 21 heteroatoms. The third-order valence-corrected chi connectivity index (χ3v) is 13.6. The van der Waals surface area contributed by atoms with Crippen LogP contribution in [-0.2, 0) is 19.5 Å². The Morgan fingerprint density at radius 3 is 1.32 bits per heavy atom. The van der Waals surface area contributed by atoms with Crippen molar-refractivity contribution in [2.24, 2.45) is 0 Å². The molecule has 0 bridgehead atoms. The van der Waals surface area contributed by atoms with Crippen molar-refractivity contribution < 1.29 is 61.8 Å². The number of piperidine rings is 3. The Morgan fingerprint density at radius 1 is 0.543 bits per heavy atom. The Hall–Kier alpha value is -6.60. The van der Waals surface area contributed by atoms with Crippen molar-refractivity contribution in [3.8, 4) is 18.2 Å². The van der Waals surface area contributed by atoms with Crippen molar-refractivity contribution >= 4 is 117 Å². The molecule has 15 nitrogen and oxygen atoms in total. The number of thiophene rings is 3. The zero-order valence-corrected chi connectivity index (χ0v) is 45.7. The van der Waals surface area contributed by atoms with Gasteiger partial charge in [0.05, 0.1) is 77.8 Å². The van der Waals surface area contributed by atoms with Gasteiger partial charge in [-0.15, -0.1) is 34.0 Å². The molecule has 0 radical (unpaired) electrons. The van der Waals surface area contributed by atoms with Gasteiger partial charge >= 0.3 is 0 Å². The van der Waals surface area contributed by atoms with Crippen molar-refractivity contribution in [2.75, 3.05) is 54.9 Å². The monoisotopic (exact) mass is 1240 g/mol. The molecule has 414 valence electrons. The number of likely N-dealkylation sites (tertiary alicyclic amines) is 3. The summed E-state index contributed by atoms with van der Waals surface area (Å²) in [6.07, 6.45) is -24.7. The summed E-state index contributed by atoms with van der Waals surface area (Å²) in [6.45, 7) is -30.1. The number of anilines is 3. The molecule has 3 aromatic carbocycles. The highest BCUT2D eigenvalue weighted by Gasteiger charge is 2.24. The second-order valence-corrected chi connectivity index (χ2v) is 20.5. The second kappa shape index (κ2) is 27.0. The zero-order valence-electron chi connectivity index (χ0n) is 86.0. The number of benzene rings is 3.